The van der Waals surface area contributed by atoms with Crippen LogP contribution in [-0.4, -0.2) is 17.2 Å². The van der Waals surface area contributed by atoms with E-state index in [9.17, 15) is 9.90 Å². The van der Waals surface area contributed by atoms with Gasteiger partial charge >= 0.3 is 5.91 Å². The van der Waals surface area contributed by atoms with Gasteiger partial charge in [-0.25, -0.2) is 5.43 Å². The average Bonchev–Trinajstić information content (AvgIpc) is 2.76. The number of nitrogens with zero attached hydrogens (tertiary/aromatic N) is 1. The monoisotopic (exact) mass is 244 g/mol. The van der Waals surface area contributed by atoms with Crippen LogP contribution in [0.2, 0.25) is 0 Å². The summed E-state index contributed by atoms with van der Waals surface area (Å²) in [7, 11) is 0. The van der Waals surface area contributed by atoms with E-state index in [1.165, 1.54) is 12.3 Å². The summed E-state index contributed by atoms with van der Waals surface area (Å²) in [5.74, 6) is 0.601. The molecular weight excluding hydrogens is 232 g/mol. The molecule has 0 bridgehead atoms. The number of carbonyl (C=O) groups excluding carboxylic acids is 1. The predicted octanol–water partition coefficient (Wildman–Crippen LogP) is 2.06. The number of carbonyl (C=O) groups is 1. The van der Waals surface area contributed by atoms with Crippen LogP contribution in [0.1, 0.15) is 21.9 Å². The minimum Gasteiger partial charge on any atom is -0.508 e. The number of phenols is 1. The van der Waals surface area contributed by atoms with Crippen molar-refractivity contribution in [1.29, 1.82) is 0 Å². The first-order valence-electron chi connectivity index (χ1n) is 5.34. The smallest absolute Gasteiger partial charge is 0.307 e. The topological polar surface area (TPSA) is 74.8 Å². The molecule has 0 saturated heterocycles. The Morgan fingerprint density at radius 1 is 1.39 bits per heavy atom. The molecule has 0 aliphatic heterocycles. The zero-order valence-corrected chi connectivity index (χ0v) is 9.75. The molecule has 18 heavy (non-hydrogen) atoms. The van der Waals surface area contributed by atoms with Gasteiger partial charge < -0.3 is 9.52 Å². The summed E-state index contributed by atoms with van der Waals surface area (Å²) in [5, 5.41) is 13.0. The van der Waals surface area contributed by atoms with Crippen molar-refractivity contribution in [3.05, 3.63) is 53.5 Å². The van der Waals surface area contributed by atoms with Gasteiger partial charge in [-0.3, -0.25) is 4.79 Å². The SMILES string of the molecule is Cc1ccc(C(=O)NN=Cc2cccc(O)c2)o1. The second-order valence-corrected chi connectivity index (χ2v) is 3.70. The summed E-state index contributed by atoms with van der Waals surface area (Å²) in [6, 6.07) is 9.82. The Bertz CT molecular complexity index is 587. The van der Waals surface area contributed by atoms with Gasteiger partial charge in [0.15, 0.2) is 5.76 Å². The number of hydrogen-bond acceptors (Lipinski definition) is 4. The summed E-state index contributed by atoms with van der Waals surface area (Å²) < 4.78 is 5.14. The lowest BCUT2D eigenvalue weighted by molar-refractivity contribution is 0.0926. The van der Waals surface area contributed by atoms with E-state index < -0.39 is 5.91 Å². The molecule has 2 N–H and O–H groups in total. The first-order chi connectivity index (χ1) is 8.65. The number of furan rings is 1. The molecule has 92 valence electrons. The molecule has 1 aromatic heterocycles. The maximum atomic E-state index is 11.5. The minimum absolute atomic E-state index is 0.145. The Kier molecular flexibility index (Phi) is 3.43. The molecule has 0 unspecified atom stereocenters. The Hall–Kier alpha value is -2.56. The number of aromatic hydroxyl groups is 1. The fourth-order valence-corrected chi connectivity index (χ4v) is 1.38. The van der Waals surface area contributed by atoms with Crippen LogP contribution in [0.4, 0.5) is 0 Å². The number of amides is 1. The van der Waals surface area contributed by atoms with Crippen LogP contribution in [-0.2, 0) is 0 Å². The predicted molar refractivity (Wildman–Crippen MR) is 66.6 cm³/mol. The van der Waals surface area contributed by atoms with Crippen molar-refractivity contribution in [2.45, 2.75) is 6.92 Å². The summed E-state index contributed by atoms with van der Waals surface area (Å²) >= 11 is 0. The van der Waals surface area contributed by atoms with Gasteiger partial charge in [0.1, 0.15) is 11.5 Å². The van der Waals surface area contributed by atoms with Crippen LogP contribution >= 0.6 is 0 Å². The maximum Gasteiger partial charge on any atom is 0.307 e. The Morgan fingerprint density at radius 3 is 2.89 bits per heavy atom. The van der Waals surface area contributed by atoms with E-state index >= 15 is 0 Å². The van der Waals surface area contributed by atoms with E-state index in [0.29, 0.717) is 11.3 Å². The lowest BCUT2D eigenvalue weighted by Gasteiger charge is -1.96. The second-order valence-electron chi connectivity index (χ2n) is 3.70. The highest BCUT2D eigenvalue weighted by Gasteiger charge is 2.07. The zero-order chi connectivity index (χ0) is 13.0. The molecule has 1 amide bonds. The summed E-state index contributed by atoms with van der Waals surface area (Å²) in [4.78, 5) is 11.5. The number of aryl methyl sites for hydroxylation is 1. The normalized spacial score (nSPS) is 10.7. The van der Waals surface area contributed by atoms with E-state index in [1.807, 2.05) is 0 Å². The van der Waals surface area contributed by atoms with Crippen molar-refractivity contribution < 1.29 is 14.3 Å². The number of nitrogens with one attached hydrogen (secondary N) is 1. The third-order valence-corrected chi connectivity index (χ3v) is 2.21. The Labute approximate surface area is 104 Å². The second kappa shape index (κ2) is 5.18. The van der Waals surface area contributed by atoms with E-state index in [1.54, 1.807) is 37.3 Å². The van der Waals surface area contributed by atoms with Crippen LogP contribution in [0.3, 0.4) is 0 Å². The van der Waals surface area contributed by atoms with Crippen molar-refractivity contribution in [2.24, 2.45) is 5.10 Å². The average molecular weight is 244 g/mol. The molecule has 2 rings (SSSR count). The highest BCUT2D eigenvalue weighted by molar-refractivity contribution is 5.92. The van der Waals surface area contributed by atoms with Crippen LogP contribution < -0.4 is 5.43 Å². The van der Waals surface area contributed by atoms with Gasteiger partial charge in [-0.15, -0.1) is 0 Å². The quantitative estimate of drug-likeness (QED) is 0.641. The highest BCUT2D eigenvalue weighted by atomic mass is 16.3. The summed E-state index contributed by atoms with van der Waals surface area (Å²) in [5.41, 5.74) is 3.02. The van der Waals surface area contributed by atoms with Crippen LogP contribution in [0.25, 0.3) is 0 Å². The molecule has 1 aromatic carbocycles. The molecule has 0 radical (unpaired) electrons. The number of rotatable bonds is 3. The lowest BCUT2D eigenvalue weighted by atomic mass is 10.2. The fraction of sp³-hybridized carbons (Fsp3) is 0.0769. The Morgan fingerprint density at radius 2 is 2.22 bits per heavy atom. The zero-order valence-electron chi connectivity index (χ0n) is 9.75. The molecule has 5 nitrogen and oxygen atoms in total. The van der Waals surface area contributed by atoms with Gasteiger partial charge in [-0.05, 0) is 36.8 Å². The van der Waals surface area contributed by atoms with Gasteiger partial charge in [0.25, 0.3) is 0 Å². The largest absolute Gasteiger partial charge is 0.508 e. The van der Waals surface area contributed by atoms with Crippen molar-refractivity contribution in [1.82, 2.24) is 5.43 Å². The maximum absolute atomic E-state index is 11.5. The molecular formula is C13H12N2O3. The third-order valence-electron chi connectivity index (χ3n) is 2.21. The molecule has 5 heteroatoms. The van der Waals surface area contributed by atoms with Crippen LogP contribution in [0.15, 0.2) is 45.9 Å². The van der Waals surface area contributed by atoms with Gasteiger partial charge in [0.2, 0.25) is 0 Å². The van der Waals surface area contributed by atoms with E-state index in [0.717, 1.165) is 0 Å². The molecule has 0 spiro atoms. The number of benzene rings is 1. The fourth-order valence-electron chi connectivity index (χ4n) is 1.38. The molecule has 0 fully saturated rings. The highest BCUT2D eigenvalue weighted by Crippen LogP contribution is 2.09. The first kappa shape index (κ1) is 11.9. The van der Waals surface area contributed by atoms with Crippen molar-refractivity contribution in [2.75, 3.05) is 0 Å². The van der Waals surface area contributed by atoms with Gasteiger partial charge in [0, 0.05) is 0 Å². The lowest BCUT2D eigenvalue weighted by Crippen LogP contribution is -2.16. The number of hydrazone groups is 1. The molecule has 0 saturated carbocycles. The van der Waals surface area contributed by atoms with E-state index in [2.05, 4.69) is 10.5 Å². The first-order valence-corrected chi connectivity index (χ1v) is 5.34. The van der Waals surface area contributed by atoms with E-state index in [4.69, 9.17) is 4.42 Å². The van der Waals surface area contributed by atoms with Gasteiger partial charge in [-0.1, -0.05) is 12.1 Å². The van der Waals surface area contributed by atoms with Gasteiger partial charge in [-0.2, -0.15) is 5.10 Å². The van der Waals surface area contributed by atoms with Crippen molar-refractivity contribution >= 4 is 12.1 Å². The number of phenolic OH excluding ortho intramolecular Hbond substituents is 1. The molecule has 1 heterocycles. The van der Waals surface area contributed by atoms with Gasteiger partial charge in [0.05, 0.1) is 6.21 Å². The third kappa shape index (κ3) is 2.98. The van der Waals surface area contributed by atoms with Crippen molar-refractivity contribution in [3.63, 3.8) is 0 Å². The van der Waals surface area contributed by atoms with Crippen LogP contribution in [0, 0.1) is 6.92 Å². The van der Waals surface area contributed by atoms with Crippen LogP contribution in [0.5, 0.6) is 5.75 Å². The van der Waals surface area contributed by atoms with Crippen molar-refractivity contribution in [3.8, 4) is 5.75 Å². The number of hydrogen-bond donors (Lipinski definition) is 2. The molecule has 0 atom stereocenters. The van der Waals surface area contributed by atoms with E-state index in [-0.39, 0.29) is 11.5 Å². The molecule has 2 aromatic rings. The summed E-state index contributed by atoms with van der Waals surface area (Å²) in [6.07, 6.45) is 1.44. The standard InChI is InChI=1S/C13H12N2O3/c1-9-5-6-12(18-9)13(17)15-14-8-10-3-2-4-11(16)7-10/h2-8,16H,1H3,(H,15,17). The molecule has 0 aliphatic carbocycles. The Balaban J connectivity index is 1.97. The summed E-state index contributed by atoms with van der Waals surface area (Å²) in [6.45, 7) is 1.76. The molecule has 0 aliphatic rings. The minimum atomic E-state index is -0.417.